The predicted molar refractivity (Wildman–Crippen MR) is 118 cm³/mol. The zero-order valence-corrected chi connectivity index (χ0v) is 18.3. The van der Waals surface area contributed by atoms with Crippen molar-refractivity contribution >= 4 is 11.8 Å². The van der Waals surface area contributed by atoms with E-state index in [9.17, 15) is 9.59 Å². The van der Waals surface area contributed by atoms with Crippen LogP contribution in [0.25, 0.3) is 11.3 Å². The van der Waals surface area contributed by atoms with Crippen LogP contribution in [0.4, 0.5) is 0 Å². The van der Waals surface area contributed by atoms with Gasteiger partial charge in [-0.3, -0.25) is 19.5 Å². The molecule has 4 rings (SSSR count). The van der Waals surface area contributed by atoms with E-state index in [2.05, 4.69) is 15.2 Å². The molecule has 0 radical (unpaired) electrons. The van der Waals surface area contributed by atoms with Crippen LogP contribution < -0.4 is 5.32 Å². The van der Waals surface area contributed by atoms with E-state index >= 15 is 0 Å². The molecule has 170 valence electrons. The van der Waals surface area contributed by atoms with Gasteiger partial charge in [0.15, 0.2) is 0 Å². The van der Waals surface area contributed by atoms with Crippen molar-refractivity contribution in [3.8, 4) is 11.3 Å². The first-order valence-electron chi connectivity index (χ1n) is 11.0. The Balaban J connectivity index is 1.37. The number of carbonyl (C=O) groups excluding carboxylic acids is 2. The Bertz CT molecular complexity index is 930. The molecular weight excluding hydrogens is 410 g/mol. The van der Waals surface area contributed by atoms with Gasteiger partial charge in [-0.25, -0.2) is 4.98 Å². The molecule has 2 amide bonds. The molecule has 1 N–H and O–H groups in total. The topological polar surface area (TPSA) is 96.9 Å². The number of carbonyl (C=O) groups is 2. The highest BCUT2D eigenvalue weighted by Gasteiger charge is 2.25. The number of hydrogen-bond donors (Lipinski definition) is 1. The molecule has 9 heteroatoms. The minimum atomic E-state index is -0.221. The molecule has 0 saturated carbocycles. The first-order chi connectivity index (χ1) is 15.6. The molecule has 32 heavy (non-hydrogen) atoms. The van der Waals surface area contributed by atoms with Gasteiger partial charge < -0.3 is 19.7 Å². The summed E-state index contributed by atoms with van der Waals surface area (Å²) in [7, 11) is 1.58. The Labute approximate surface area is 187 Å². The maximum absolute atomic E-state index is 12.4. The van der Waals surface area contributed by atoms with Crippen molar-refractivity contribution in [2.75, 3.05) is 59.6 Å². The van der Waals surface area contributed by atoms with E-state index < -0.39 is 0 Å². The summed E-state index contributed by atoms with van der Waals surface area (Å²) in [5.74, 6) is -0.0368. The second-order valence-electron chi connectivity index (χ2n) is 7.86. The van der Waals surface area contributed by atoms with E-state index in [0.717, 1.165) is 23.5 Å². The second-order valence-corrected chi connectivity index (χ2v) is 7.86. The van der Waals surface area contributed by atoms with E-state index in [1.807, 2.05) is 29.2 Å². The van der Waals surface area contributed by atoms with Crippen molar-refractivity contribution in [3.05, 3.63) is 47.9 Å². The average molecular weight is 440 g/mol. The number of ether oxygens (including phenoxy) is 2. The summed E-state index contributed by atoms with van der Waals surface area (Å²) in [6.45, 7) is 5.42. The highest BCUT2D eigenvalue weighted by atomic mass is 16.5. The first-order valence-corrected chi connectivity index (χ1v) is 11.0. The molecule has 2 fully saturated rings. The van der Waals surface area contributed by atoms with Crippen molar-refractivity contribution < 1.29 is 19.1 Å². The number of morpholine rings is 2. The minimum absolute atomic E-state index is 0.153. The lowest BCUT2D eigenvalue weighted by Crippen LogP contribution is -2.44. The lowest BCUT2D eigenvalue weighted by Gasteiger charge is -2.33. The molecule has 2 aliphatic rings. The van der Waals surface area contributed by atoms with Crippen molar-refractivity contribution in [2.45, 2.75) is 12.5 Å². The number of pyridine rings is 2. The maximum atomic E-state index is 12.4. The van der Waals surface area contributed by atoms with Crippen LogP contribution in [0.2, 0.25) is 0 Å². The molecule has 2 aromatic rings. The van der Waals surface area contributed by atoms with Crippen molar-refractivity contribution in [1.29, 1.82) is 0 Å². The van der Waals surface area contributed by atoms with Crippen LogP contribution in [0.3, 0.4) is 0 Å². The Morgan fingerprint density at radius 2 is 1.97 bits per heavy atom. The lowest BCUT2D eigenvalue weighted by molar-refractivity contribution is -0.136. The monoisotopic (exact) mass is 439 g/mol. The van der Waals surface area contributed by atoms with Gasteiger partial charge in [-0.2, -0.15) is 0 Å². The first kappa shape index (κ1) is 22.3. The smallest absolute Gasteiger partial charge is 0.269 e. The summed E-state index contributed by atoms with van der Waals surface area (Å²) in [6.07, 6.45) is 2.01. The van der Waals surface area contributed by atoms with Crippen LogP contribution in [0, 0.1) is 0 Å². The summed E-state index contributed by atoms with van der Waals surface area (Å²) in [6, 6.07) is 9.36. The maximum Gasteiger partial charge on any atom is 0.269 e. The van der Waals surface area contributed by atoms with Crippen molar-refractivity contribution in [3.63, 3.8) is 0 Å². The van der Waals surface area contributed by atoms with Crippen LogP contribution in [0.1, 0.15) is 28.7 Å². The van der Waals surface area contributed by atoms with Gasteiger partial charge in [-0.15, -0.1) is 0 Å². The SMILES string of the molecule is CNC(=O)c1ccc(-c2cccc([C@@H]3CN(CCC(=O)N4CCOCC4)CCO3)n2)cn1. The van der Waals surface area contributed by atoms with Gasteiger partial charge in [0.1, 0.15) is 11.8 Å². The number of aromatic nitrogens is 2. The van der Waals surface area contributed by atoms with Gasteiger partial charge in [0.25, 0.3) is 5.91 Å². The van der Waals surface area contributed by atoms with Gasteiger partial charge in [-0.05, 0) is 24.3 Å². The Kier molecular flexibility index (Phi) is 7.41. The predicted octanol–water partition coefficient (Wildman–Crippen LogP) is 1.13. The van der Waals surface area contributed by atoms with Crippen LogP contribution in [-0.2, 0) is 14.3 Å². The normalized spacial score (nSPS) is 19.5. The van der Waals surface area contributed by atoms with Gasteiger partial charge >= 0.3 is 0 Å². The quantitative estimate of drug-likeness (QED) is 0.721. The standard InChI is InChI=1S/C23H29N5O4/c1-24-23(30)20-6-5-17(15-25-20)18-3-2-4-19(26-18)21-16-27(9-14-32-21)8-7-22(29)28-10-12-31-13-11-28/h2-6,15,21H,7-14,16H2,1H3,(H,24,30)/t21-/m0/s1. The number of amides is 2. The third-order valence-electron chi connectivity index (χ3n) is 5.78. The van der Waals surface area contributed by atoms with Crippen LogP contribution in [0.5, 0.6) is 0 Å². The molecule has 0 spiro atoms. The van der Waals surface area contributed by atoms with E-state index in [0.29, 0.717) is 58.1 Å². The molecule has 2 saturated heterocycles. The molecule has 0 bridgehead atoms. The fraction of sp³-hybridized carbons (Fsp3) is 0.478. The number of rotatable bonds is 6. The Morgan fingerprint density at radius 3 is 2.72 bits per heavy atom. The number of nitrogens with zero attached hydrogens (tertiary/aromatic N) is 4. The summed E-state index contributed by atoms with van der Waals surface area (Å²) in [5.41, 5.74) is 2.83. The fourth-order valence-corrected chi connectivity index (χ4v) is 3.91. The van der Waals surface area contributed by atoms with Crippen LogP contribution >= 0.6 is 0 Å². The number of nitrogens with one attached hydrogen (secondary N) is 1. The Morgan fingerprint density at radius 1 is 1.12 bits per heavy atom. The van der Waals surface area contributed by atoms with E-state index in [1.54, 1.807) is 19.3 Å². The third kappa shape index (κ3) is 5.48. The zero-order chi connectivity index (χ0) is 22.3. The van der Waals surface area contributed by atoms with Crippen LogP contribution in [-0.4, -0.2) is 91.2 Å². The highest BCUT2D eigenvalue weighted by Crippen LogP contribution is 2.24. The summed E-state index contributed by atoms with van der Waals surface area (Å²) in [5, 5.41) is 2.56. The molecule has 9 nitrogen and oxygen atoms in total. The van der Waals surface area contributed by atoms with E-state index in [-0.39, 0.29) is 17.9 Å². The fourth-order valence-electron chi connectivity index (χ4n) is 3.91. The Hall–Kier alpha value is -2.88. The zero-order valence-electron chi connectivity index (χ0n) is 18.3. The minimum Gasteiger partial charge on any atom is -0.378 e. The lowest BCUT2D eigenvalue weighted by atomic mass is 10.1. The second kappa shape index (κ2) is 10.6. The van der Waals surface area contributed by atoms with Gasteiger partial charge in [-0.1, -0.05) is 6.07 Å². The summed E-state index contributed by atoms with van der Waals surface area (Å²) in [4.78, 5) is 37.3. The molecular formula is C23H29N5O4. The van der Waals surface area contributed by atoms with Crippen molar-refractivity contribution in [1.82, 2.24) is 25.1 Å². The molecule has 2 aliphatic heterocycles. The van der Waals surface area contributed by atoms with Crippen molar-refractivity contribution in [2.24, 2.45) is 0 Å². The van der Waals surface area contributed by atoms with E-state index in [4.69, 9.17) is 14.5 Å². The van der Waals surface area contributed by atoms with E-state index in [1.165, 1.54) is 0 Å². The van der Waals surface area contributed by atoms with Gasteiger partial charge in [0.05, 0.1) is 31.2 Å². The molecule has 1 atom stereocenters. The largest absolute Gasteiger partial charge is 0.378 e. The molecule has 0 unspecified atom stereocenters. The molecule has 0 aliphatic carbocycles. The van der Waals surface area contributed by atoms with Crippen LogP contribution in [0.15, 0.2) is 36.5 Å². The van der Waals surface area contributed by atoms with Gasteiger partial charge in [0, 0.05) is 58.0 Å². The summed E-state index contributed by atoms with van der Waals surface area (Å²) < 4.78 is 11.3. The molecule has 2 aromatic heterocycles. The molecule has 0 aromatic carbocycles. The molecule has 4 heterocycles. The number of hydrogen-bond acceptors (Lipinski definition) is 7. The highest BCUT2D eigenvalue weighted by molar-refractivity contribution is 5.92. The van der Waals surface area contributed by atoms with Gasteiger partial charge in [0.2, 0.25) is 5.91 Å². The third-order valence-corrected chi connectivity index (χ3v) is 5.78. The average Bonchev–Trinajstić information content (AvgIpc) is 2.87. The summed E-state index contributed by atoms with van der Waals surface area (Å²) >= 11 is 0.